The molecule has 1 N–H and O–H groups in total. The van der Waals surface area contributed by atoms with Gasteiger partial charge in [0.15, 0.2) is 0 Å². The number of benzene rings is 2. The summed E-state index contributed by atoms with van der Waals surface area (Å²) >= 11 is 0. The molecule has 34 heavy (non-hydrogen) atoms. The molecule has 1 saturated heterocycles. The number of rotatable bonds is 6. The summed E-state index contributed by atoms with van der Waals surface area (Å²) in [5.74, 6) is -0.819. The predicted octanol–water partition coefficient (Wildman–Crippen LogP) is 3.75. The van der Waals surface area contributed by atoms with Gasteiger partial charge in [0, 0.05) is 31.4 Å². The molecule has 174 valence electrons. The highest BCUT2D eigenvalue weighted by Gasteiger charge is 2.21. The molecule has 1 aliphatic heterocycles. The normalized spacial score (nSPS) is 14.4. The molecule has 0 bridgehead atoms. The third kappa shape index (κ3) is 4.63. The molecule has 0 radical (unpaired) electrons. The Hall–Kier alpha value is -3.40. The number of ether oxygens (including phenoxy) is 1. The third-order valence-corrected chi connectivity index (χ3v) is 7.16. The Morgan fingerprint density at radius 2 is 1.79 bits per heavy atom. The molecule has 0 atom stereocenters. The number of anilines is 1. The van der Waals surface area contributed by atoms with Gasteiger partial charge in [-0.05, 0) is 42.0 Å². The molecule has 3 heterocycles. The molecule has 0 aliphatic carbocycles. The Balaban J connectivity index is 1.49. The lowest BCUT2D eigenvalue weighted by Crippen LogP contribution is -2.36. The number of fused-ring (bicyclic) bond motifs is 1. The molecule has 0 saturated carbocycles. The van der Waals surface area contributed by atoms with Crippen molar-refractivity contribution in [2.45, 2.75) is 11.4 Å². The second-order valence-electron chi connectivity index (χ2n) is 7.95. The molecule has 0 unspecified atom stereocenters. The summed E-state index contributed by atoms with van der Waals surface area (Å²) in [5, 5.41) is 0. The van der Waals surface area contributed by atoms with Gasteiger partial charge in [-0.25, -0.2) is 22.5 Å². The number of aromatic nitrogens is 2. The molecule has 0 spiro atoms. The van der Waals surface area contributed by atoms with Gasteiger partial charge in [0.05, 0.1) is 30.1 Å². The lowest BCUT2D eigenvalue weighted by molar-refractivity contribution is 0.123. The van der Waals surface area contributed by atoms with Crippen molar-refractivity contribution in [1.29, 1.82) is 0 Å². The van der Waals surface area contributed by atoms with Gasteiger partial charge >= 0.3 is 0 Å². The fourth-order valence-electron chi connectivity index (χ4n) is 3.95. The molecule has 1 fully saturated rings. The minimum Gasteiger partial charge on any atom is -0.378 e. The summed E-state index contributed by atoms with van der Waals surface area (Å²) in [4.78, 5) is 11.0. The Morgan fingerprint density at radius 1 is 1.00 bits per heavy atom. The van der Waals surface area contributed by atoms with Crippen molar-refractivity contribution < 1.29 is 17.5 Å². The highest BCUT2D eigenvalue weighted by atomic mass is 32.2. The van der Waals surface area contributed by atoms with Crippen LogP contribution in [-0.4, -0.2) is 44.7 Å². The average molecular weight is 479 g/mol. The van der Waals surface area contributed by atoms with Crippen LogP contribution in [0.25, 0.3) is 22.3 Å². The summed E-state index contributed by atoms with van der Waals surface area (Å²) in [6.45, 7) is 2.83. The second-order valence-corrected chi connectivity index (χ2v) is 9.68. The summed E-state index contributed by atoms with van der Waals surface area (Å²) < 4.78 is 48.3. The maximum Gasteiger partial charge on any atom is 0.243 e. The van der Waals surface area contributed by atoms with Gasteiger partial charge in [-0.15, -0.1) is 0 Å². The predicted molar refractivity (Wildman–Crippen MR) is 128 cm³/mol. The molecular formula is C25H23FN4O3S. The van der Waals surface area contributed by atoms with Crippen LogP contribution in [0.1, 0.15) is 5.56 Å². The van der Waals surface area contributed by atoms with E-state index in [0.717, 1.165) is 35.9 Å². The summed E-state index contributed by atoms with van der Waals surface area (Å²) in [5.41, 5.74) is 4.19. The third-order valence-electron chi connectivity index (χ3n) is 5.74. The number of sulfonamides is 1. The maximum atomic E-state index is 14.6. The van der Waals surface area contributed by atoms with Gasteiger partial charge in [0.2, 0.25) is 10.0 Å². The van der Waals surface area contributed by atoms with Crippen LogP contribution in [0.5, 0.6) is 0 Å². The Kier molecular flexibility index (Phi) is 6.23. The first-order valence-electron chi connectivity index (χ1n) is 10.9. The van der Waals surface area contributed by atoms with Gasteiger partial charge < -0.3 is 9.64 Å². The van der Waals surface area contributed by atoms with E-state index in [9.17, 15) is 12.8 Å². The SMILES string of the molecule is O=S(=O)(NCc1ccccc1)c1cc(-c2ccc3nccc(N4CCOCC4)c3n2)ccc1F. The van der Waals surface area contributed by atoms with Crippen molar-refractivity contribution in [1.82, 2.24) is 14.7 Å². The summed E-state index contributed by atoms with van der Waals surface area (Å²) in [6, 6.07) is 18.6. The Morgan fingerprint density at radius 3 is 2.59 bits per heavy atom. The van der Waals surface area contributed by atoms with Crippen LogP contribution < -0.4 is 9.62 Å². The van der Waals surface area contributed by atoms with E-state index in [2.05, 4.69) is 14.6 Å². The van der Waals surface area contributed by atoms with Crippen LogP contribution in [0.4, 0.5) is 10.1 Å². The second kappa shape index (κ2) is 9.46. The number of nitrogens with one attached hydrogen (secondary N) is 1. The van der Waals surface area contributed by atoms with Crippen molar-refractivity contribution in [3.05, 3.63) is 84.3 Å². The first-order valence-corrected chi connectivity index (χ1v) is 12.4. The van der Waals surface area contributed by atoms with E-state index in [1.54, 1.807) is 24.4 Å². The number of hydrogen-bond donors (Lipinski definition) is 1. The summed E-state index contributed by atoms with van der Waals surface area (Å²) in [6.07, 6.45) is 1.75. The minimum atomic E-state index is -4.07. The number of nitrogens with zero attached hydrogens (tertiary/aromatic N) is 3. The molecule has 2 aromatic carbocycles. The van der Waals surface area contributed by atoms with Gasteiger partial charge in [0.25, 0.3) is 0 Å². The number of morpholine rings is 1. The quantitative estimate of drug-likeness (QED) is 0.454. The van der Waals surface area contributed by atoms with Crippen LogP contribution >= 0.6 is 0 Å². The van der Waals surface area contributed by atoms with E-state index in [1.165, 1.54) is 12.1 Å². The highest BCUT2D eigenvalue weighted by Crippen LogP contribution is 2.29. The first-order chi connectivity index (χ1) is 16.5. The van der Waals surface area contributed by atoms with Gasteiger partial charge in [-0.3, -0.25) is 4.98 Å². The molecule has 7 nitrogen and oxygen atoms in total. The summed E-state index contributed by atoms with van der Waals surface area (Å²) in [7, 11) is -4.07. The molecule has 2 aromatic heterocycles. The Labute approximate surface area is 197 Å². The molecular weight excluding hydrogens is 455 g/mol. The smallest absolute Gasteiger partial charge is 0.243 e. The van der Waals surface area contributed by atoms with E-state index in [-0.39, 0.29) is 6.54 Å². The van der Waals surface area contributed by atoms with Gasteiger partial charge in [-0.1, -0.05) is 30.3 Å². The molecule has 9 heteroatoms. The topological polar surface area (TPSA) is 84.4 Å². The van der Waals surface area contributed by atoms with Crippen LogP contribution in [0.15, 0.2) is 77.8 Å². The molecule has 1 aliphatic rings. The fourth-order valence-corrected chi connectivity index (χ4v) is 5.07. The lowest BCUT2D eigenvalue weighted by Gasteiger charge is -2.29. The molecule has 0 amide bonds. The number of halogens is 1. The standard InChI is InChI=1S/C25H23FN4O3S/c26-20-7-6-19(16-24(20)34(31,32)28-17-18-4-2-1-3-5-18)21-8-9-22-25(29-21)23(10-11-27-22)30-12-14-33-15-13-30/h1-11,16,28H,12-15,17H2. The van der Waals surface area contributed by atoms with E-state index >= 15 is 0 Å². The van der Waals surface area contributed by atoms with Gasteiger partial charge in [0.1, 0.15) is 16.2 Å². The zero-order chi connectivity index (χ0) is 23.5. The minimum absolute atomic E-state index is 0.0651. The van der Waals surface area contributed by atoms with Crippen LogP contribution in [0.2, 0.25) is 0 Å². The largest absolute Gasteiger partial charge is 0.378 e. The molecule has 4 aromatic rings. The zero-order valence-electron chi connectivity index (χ0n) is 18.3. The monoisotopic (exact) mass is 478 g/mol. The number of hydrogen-bond acceptors (Lipinski definition) is 6. The van der Waals surface area contributed by atoms with Crippen LogP contribution in [0, 0.1) is 5.82 Å². The number of pyridine rings is 2. The van der Waals surface area contributed by atoms with Crippen molar-refractivity contribution in [2.75, 3.05) is 31.2 Å². The van der Waals surface area contributed by atoms with Crippen molar-refractivity contribution in [3.63, 3.8) is 0 Å². The van der Waals surface area contributed by atoms with E-state index in [1.807, 2.05) is 30.3 Å². The Bertz CT molecular complexity index is 1430. The van der Waals surface area contributed by atoms with Crippen molar-refractivity contribution >= 4 is 26.7 Å². The molecule has 5 rings (SSSR count). The lowest BCUT2D eigenvalue weighted by atomic mass is 10.1. The zero-order valence-corrected chi connectivity index (χ0v) is 19.1. The first kappa shape index (κ1) is 22.4. The van der Waals surface area contributed by atoms with Crippen molar-refractivity contribution in [3.8, 4) is 11.3 Å². The van der Waals surface area contributed by atoms with Crippen LogP contribution in [0.3, 0.4) is 0 Å². The van der Waals surface area contributed by atoms with E-state index < -0.39 is 20.7 Å². The van der Waals surface area contributed by atoms with E-state index in [0.29, 0.717) is 30.0 Å². The maximum absolute atomic E-state index is 14.6. The average Bonchev–Trinajstić information content (AvgIpc) is 2.88. The van der Waals surface area contributed by atoms with E-state index in [4.69, 9.17) is 9.72 Å². The van der Waals surface area contributed by atoms with Crippen LogP contribution in [-0.2, 0) is 21.3 Å². The van der Waals surface area contributed by atoms with Crippen molar-refractivity contribution in [2.24, 2.45) is 0 Å². The van der Waals surface area contributed by atoms with Gasteiger partial charge in [-0.2, -0.15) is 0 Å². The highest BCUT2D eigenvalue weighted by molar-refractivity contribution is 7.89. The fraction of sp³-hybridized carbons (Fsp3) is 0.200.